The summed E-state index contributed by atoms with van der Waals surface area (Å²) in [5.41, 5.74) is 0.407. The molecule has 0 atom stereocenters. The zero-order valence-corrected chi connectivity index (χ0v) is 13.9. The van der Waals surface area contributed by atoms with Gasteiger partial charge in [0.2, 0.25) is 5.28 Å². The van der Waals surface area contributed by atoms with Crippen molar-refractivity contribution in [2.45, 2.75) is 24.0 Å². The van der Waals surface area contributed by atoms with E-state index in [2.05, 4.69) is 15.3 Å². The standard InChI is InChI=1S/C14H16ClN3O3S/c1-9(2)22(19,20)12-7-5-4-6-10(12)17-13-11(21-3)8-16-14(15)18-13/h4-9H,1-3H3,(H,16,17,18). The molecule has 118 valence electrons. The Morgan fingerprint density at radius 3 is 2.59 bits per heavy atom. The lowest BCUT2D eigenvalue weighted by Crippen LogP contribution is -2.15. The predicted molar refractivity (Wildman–Crippen MR) is 85.6 cm³/mol. The Bertz CT molecular complexity index is 779. The van der Waals surface area contributed by atoms with Crippen LogP contribution < -0.4 is 10.1 Å². The van der Waals surface area contributed by atoms with Crippen molar-refractivity contribution in [2.75, 3.05) is 12.4 Å². The second-order valence-electron chi connectivity index (χ2n) is 4.77. The minimum absolute atomic E-state index is 0.0347. The molecule has 2 aromatic rings. The molecule has 0 radical (unpaired) electrons. The van der Waals surface area contributed by atoms with Crippen LogP contribution in [0, 0.1) is 0 Å². The molecule has 0 aliphatic rings. The van der Waals surface area contributed by atoms with E-state index in [0.717, 1.165) is 0 Å². The van der Waals surface area contributed by atoms with Gasteiger partial charge in [-0.1, -0.05) is 12.1 Å². The average molecular weight is 342 g/mol. The largest absolute Gasteiger partial charge is 0.491 e. The number of anilines is 2. The van der Waals surface area contributed by atoms with Crippen LogP contribution in [0.2, 0.25) is 5.28 Å². The monoisotopic (exact) mass is 341 g/mol. The summed E-state index contributed by atoms with van der Waals surface area (Å²) in [4.78, 5) is 8.05. The molecule has 0 saturated carbocycles. The summed E-state index contributed by atoms with van der Waals surface area (Å²) in [6, 6.07) is 6.61. The molecule has 1 aromatic carbocycles. The Labute approximate surface area is 134 Å². The molecule has 1 N–H and O–H groups in total. The van der Waals surface area contributed by atoms with E-state index in [1.165, 1.54) is 13.3 Å². The number of aromatic nitrogens is 2. The van der Waals surface area contributed by atoms with E-state index in [1.807, 2.05) is 0 Å². The molecule has 2 rings (SSSR count). The second kappa shape index (κ2) is 6.50. The zero-order valence-electron chi connectivity index (χ0n) is 12.4. The van der Waals surface area contributed by atoms with Gasteiger partial charge in [-0.3, -0.25) is 0 Å². The third-order valence-electron chi connectivity index (χ3n) is 3.01. The number of ether oxygens (including phenoxy) is 1. The summed E-state index contributed by atoms with van der Waals surface area (Å²) in [5.74, 6) is 0.662. The number of rotatable bonds is 5. The first-order valence-corrected chi connectivity index (χ1v) is 8.45. The van der Waals surface area contributed by atoms with E-state index in [1.54, 1.807) is 38.1 Å². The third kappa shape index (κ3) is 3.31. The highest BCUT2D eigenvalue weighted by molar-refractivity contribution is 7.92. The van der Waals surface area contributed by atoms with Crippen molar-refractivity contribution in [1.29, 1.82) is 0 Å². The maximum absolute atomic E-state index is 12.4. The molecule has 0 aliphatic heterocycles. The first-order valence-electron chi connectivity index (χ1n) is 6.52. The van der Waals surface area contributed by atoms with Gasteiger partial charge in [0.25, 0.3) is 0 Å². The molecular formula is C14H16ClN3O3S. The Morgan fingerprint density at radius 1 is 1.27 bits per heavy atom. The van der Waals surface area contributed by atoms with Gasteiger partial charge in [0.1, 0.15) is 0 Å². The van der Waals surface area contributed by atoms with Crippen LogP contribution >= 0.6 is 11.6 Å². The maximum atomic E-state index is 12.4. The lowest BCUT2D eigenvalue weighted by atomic mass is 10.3. The van der Waals surface area contributed by atoms with E-state index in [9.17, 15) is 8.42 Å². The van der Waals surface area contributed by atoms with Gasteiger partial charge in [-0.05, 0) is 37.6 Å². The highest BCUT2D eigenvalue weighted by atomic mass is 35.5. The fourth-order valence-corrected chi connectivity index (χ4v) is 3.12. The minimum Gasteiger partial charge on any atom is -0.491 e. The quantitative estimate of drug-likeness (QED) is 0.842. The van der Waals surface area contributed by atoms with Crippen LogP contribution in [-0.2, 0) is 9.84 Å². The molecule has 0 fully saturated rings. The van der Waals surface area contributed by atoms with Crippen molar-refractivity contribution >= 4 is 32.9 Å². The molecule has 0 unspecified atom stereocenters. The zero-order chi connectivity index (χ0) is 16.3. The number of para-hydroxylation sites is 1. The molecule has 0 aliphatic carbocycles. The maximum Gasteiger partial charge on any atom is 0.224 e. The van der Waals surface area contributed by atoms with Gasteiger partial charge in [0.15, 0.2) is 21.4 Å². The lowest BCUT2D eigenvalue weighted by molar-refractivity contribution is 0.413. The van der Waals surface area contributed by atoms with E-state index >= 15 is 0 Å². The van der Waals surface area contributed by atoms with E-state index < -0.39 is 15.1 Å². The Kier molecular flexibility index (Phi) is 4.87. The van der Waals surface area contributed by atoms with Crippen LogP contribution in [0.15, 0.2) is 35.4 Å². The van der Waals surface area contributed by atoms with E-state index in [0.29, 0.717) is 17.3 Å². The molecule has 6 nitrogen and oxygen atoms in total. The van der Waals surface area contributed by atoms with Crippen molar-refractivity contribution in [3.63, 3.8) is 0 Å². The normalized spacial score (nSPS) is 11.5. The first-order chi connectivity index (χ1) is 10.4. The number of benzene rings is 1. The highest BCUT2D eigenvalue weighted by Crippen LogP contribution is 2.30. The van der Waals surface area contributed by atoms with Gasteiger partial charge >= 0.3 is 0 Å². The van der Waals surface area contributed by atoms with Crippen molar-refractivity contribution in [3.05, 3.63) is 35.7 Å². The number of methoxy groups -OCH3 is 1. The predicted octanol–water partition coefficient (Wildman–Crippen LogP) is 3.06. The Morgan fingerprint density at radius 2 is 1.95 bits per heavy atom. The van der Waals surface area contributed by atoms with Gasteiger partial charge in [-0.2, -0.15) is 4.98 Å². The Balaban J connectivity index is 2.50. The number of sulfone groups is 1. The van der Waals surface area contributed by atoms with E-state index in [-0.39, 0.29) is 10.2 Å². The topological polar surface area (TPSA) is 81.2 Å². The van der Waals surface area contributed by atoms with Gasteiger partial charge < -0.3 is 10.1 Å². The first kappa shape index (κ1) is 16.5. The molecule has 1 aromatic heterocycles. The smallest absolute Gasteiger partial charge is 0.224 e. The van der Waals surface area contributed by atoms with Gasteiger partial charge in [0.05, 0.1) is 29.1 Å². The van der Waals surface area contributed by atoms with Gasteiger partial charge in [0, 0.05) is 0 Å². The molecule has 0 saturated heterocycles. The van der Waals surface area contributed by atoms with Crippen LogP contribution in [0.1, 0.15) is 13.8 Å². The van der Waals surface area contributed by atoms with Crippen molar-refractivity contribution in [1.82, 2.24) is 9.97 Å². The summed E-state index contributed by atoms with van der Waals surface area (Å²) in [6.07, 6.45) is 1.41. The molecule has 0 amide bonds. The summed E-state index contributed by atoms with van der Waals surface area (Å²) >= 11 is 5.78. The average Bonchev–Trinajstić information content (AvgIpc) is 2.47. The minimum atomic E-state index is -3.44. The molecule has 1 heterocycles. The van der Waals surface area contributed by atoms with E-state index in [4.69, 9.17) is 16.3 Å². The van der Waals surface area contributed by atoms with Crippen LogP contribution in [0.5, 0.6) is 5.75 Å². The molecular weight excluding hydrogens is 326 g/mol. The third-order valence-corrected chi connectivity index (χ3v) is 5.41. The van der Waals surface area contributed by atoms with Crippen LogP contribution in [0.3, 0.4) is 0 Å². The van der Waals surface area contributed by atoms with Crippen LogP contribution in [0.25, 0.3) is 0 Å². The molecule has 0 spiro atoms. The summed E-state index contributed by atoms with van der Waals surface area (Å²) in [7, 11) is -1.97. The van der Waals surface area contributed by atoms with Crippen molar-refractivity contribution in [2.24, 2.45) is 0 Å². The highest BCUT2D eigenvalue weighted by Gasteiger charge is 2.23. The summed E-state index contributed by atoms with van der Waals surface area (Å²) < 4.78 is 30.0. The van der Waals surface area contributed by atoms with Crippen LogP contribution in [0.4, 0.5) is 11.5 Å². The number of nitrogens with one attached hydrogen (secondary N) is 1. The molecule has 8 heteroatoms. The molecule has 22 heavy (non-hydrogen) atoms. The Hall–Kier alpha value is -1.86. The van der Waals surface area contributed by atoms with Gasteiger partial charge in [-0.15, -0.1) is 0 Å². The molecule has 0 bridgehead atoms. The SMILES string of the molecule is COc1cnc(Cl)nc1Nc1ccccc1S(=O)(=O)C(C)C. The van der Waals surface area contributed by atoms with Crippen molar-refractivity contribution < 1.29 is 13.2 Å². The second-order valence-corrected chi connectivity index (χ2v) is 7.58. The fraction of sp³-hybridized carbons (Fsp3) is 0.286. The number of hydrogen-bond donors (Lipinski definition) is 1. The summed E-state index contributed by atoms with van der Waals surface area (Å²) in [5, 5.41) is 2.45. The van der Waals surface area contributed by atoms with Gasteiger partial charge in [-0.25, -0.2) is 13.4 Å². The number of halogens is 1. The van der Waals surface area contributed by atoms with Crippen molar-refractivity contribution in [3.8, 4) is 5.75 Å². The van der Waals surface area contributed by atoms with Crippen LogP contribution in [-0.4, -0.2) is 30.7 Å². The lowest BCUT2D eigenvalue weighted by Gasteiger charge is -2.15. The fourth-order valence-electron chi connectivity index (χ4n) is 1.79. The number of hydrogen-bond acceptors (Lipinski definition) is 6. The summed E-state index contributed by atoms with van der Waals surface area (Å²) in [6.45, 7) is 3.27. The number of nitrogens with zero attached hydrogens (tertiary/aromatic N) is 2.